The van der Waals surface area contributed by atoms with Gasteiger partial charge in [-0.15, -0.1) is 0 Å². The van der Waals surface area contributed by atoms with Crippen molar-refractivity contribution >= 4 is 5.78 Å². The minimum Gasteiger partial charge on any atom is -0.497 e. The third-order valence-electron chi connectivity index (χ3n) is 6.69. The Morgan fingerprint density at radius 1 is 1.21 bits per heavy atom. The maximum absolute atomic E-state index is 12.9. The van der Waals surface area contributed by atoms with Gasteiger partial charge in [0, 0.05) is 11.5 Å². The van der Waals surface area contributed by atoms with E-state index in [-0.39, 0.29) is 23.4 Å². The number of rotatable bonds is 3. The molecule has 5 unspecified atom stereocenters. The summed E-state index contributed by atoms with van der Waals surface area (Å²) in [5.41, 5.74) is -0.0845. The van der Waals surface area contributed by atoms with Crippen molar-refractivity contribution in [1.29, 1.82) is 0 Å². The fourth-order valence-electron chi connectivity index (χ4n) is 5.19. The standard InChI is InChI=1S/C21H34O3/c1-13(2)15-8-7-14(3)11-18(15)23-12-16-17-9-10-21(6,19(16)22)24-20(17,4)5/h12-15,17-18H,7-11H2,1-6H3/b16-12-. The Kier molecular flexibility index (Phi) is 4.61. The van der Waals surface area contributed by atoms with Gasteiger partial charge in [-0.05, 0) is 64.2 Å². The lowest BCUT2D eigenvalue weighted by Crippen LogP contribution is -2.60. The zero-order chi connectivity index (χ0) is 17.7. The first-order valence-corrected chi connectivity index (χ1v) is 9.74. The summed E-state index contributed by atoms with van der Waals surface area (Å²) in [6.45, 7) is 13.0. The van der Waals surface area contributed by atoms with E-state index in [0.717, 1.165) is 24.8 Å². The first-order chi connectivity index (χ1) is 11.1. The predicted molar refractivity (Wildman–Crippen MR) is 95.6 cm³/mol. The Hall–Kier alpha value is -0.830. The number of ketones is 1. The van der Waals surface area contributed by atoms with Crippen LogP contribution in [0.5, 0.6) is 0 Å². The maximum atomic E-state index is 12.9. The molecule has 0 radical (unpaired) electrons. The molecule has 24 heavy (non-hydrogen) atoms. The fourth-order valence-corrected chi connectivity index (χ4v) is 5.19. The summed E-state index contributed by atoms with van der Waals surface area (Å²) in [5.74, 6) is 2.22. The fraction of sp³-hybridized carbons (Fsp3) is 0.857. The van der Waals surface area contributed by atoms with Crippen molar-refractivity contribution in [1.82, 2.24) is 0 Å². The van der Waals surface area contributed by atoms with Gasteiger partial charge in [-0.25, -0.2) is 0 Å². The van der Waals surface area contributed by atoms with E-state index in [2.05, 4.69) is 34.6 Å². The molecule has 3 heteroatoms. The monoisotopic (exact) mass is 334 g/mol. The van der Waals surface area contributed by atoms with E-state index in [1.807, 2.05) is 13.2 Å². The van der Waals surface area contributed by atoms with Crippen molar-refractivity contribution in [2.75, 3.05) is 0 Å². The van der Waals surface area contributed by atoms with E-state index >= 15 is 0 Å². The van der Waals surface area contributed by atoms with Crippen LogP contribution in [-0.2, 0) is 14.3 Å². The summed E-state index contributed by atoms with van der Waals surface area (Å²) < 4.78 is 12.4. The largest absolute Gasteiger partial charge is 0.497 e. The van der Waals surface area contributed by atoms with E-state index < -0.39 is 5.60 Å². The highest BCUT2D eigenvalue weighted by Gasteiger charge is 2.56. The molecule has 4 aliphatic rings. The van der Waals surface area contributed by atoms with Crippen LogP contribution in [0.1, 0.15) is 73.6 Å². The van der Waals surface area contributed by atoms with Gasteiger partial charge in [-0.3, -0.25) is 4.79 Å². The highest BCUT2D eigenvalue weighted by molar-refractivity contribution is 6.03. The molecule has 2 heterocycles. The number of hydrogen-bond donors (Lipinski definition) is 0. The third kappa shape index (κ3) is 3.05. The van der Waals surface area contributed by atoms with Gasteiger partial charge in [0.1, 0.15) is 11.7 Å². The molecule has 5 atom stereocenters. The van der Waals surface area contributed by atoms with Gasteiger partial charge in [-0.1, -0.05) is 27.2 Å². The predicted octanol–water partition coefficient (Wildman–Crippen LogP) is 4.89. The Morgan fingerprint density at radius 3 is 2.54 bits per heavy atom. The van der Waals surface area contributed by atoms with Gasteiger partial charge in [0.2, 0.25) is 0 Å². The van der Waals surface area contributed by atoms with Crippen molar-refractivity contribution in [2.45, 2.75) is 91.0 Å². The summed E-state index contributed by atoms with van der Waals surface area (Å²) in [5, 5.41) is 0. The molecular weight excluding hydrogens is 300 g/mol. The van der Waals surface area contributed by atoms with Gasteiger partial charge in [0.15, 0.2) is 5.78 Å². The summed E-state index contributed by atoms with van der Waals surface area (Å²) >= 11 is 0. The Balaban J connectivity index is 1.81. The molecule has 2 saturated heterocycles. The van der Waals surface area contributed by atoms with E-state index in [1.165, 1.54) is 12.8 Å². The van der Waals surface area contributed by atoms with Crippen LogP contribution in [0.25, 0.3) is 0 Å². The van der Waals surface area contributed by atoms with Crippen LogP contribution in [0.2, 0.25) is 0 Å². The van der Waals surface area contributed by atoms with Crippen LogP contribution in [0, 0.1) is 23.7 Å². The van der Waals surface area contributed by atoms with Gasteiger partial charge in [-0.2, -0.15) is 0 Å². The van der Waals surface area contributed by atoms with Crippen LogP contribution >= 0.6 is 0 Å². The maximum Gasteiger partial charge on any atom is 0.193 e. The molecule has 0 aromatic heterocycles. The molecule has 0 spiro atoms. The number of Topliss-reactive ketones (excluding diaryl/α,β-unsaturated/α-hetero) is 1. The lowest BCUT2D eigenvalue weighted by Gasteiger charge is -2.53. The van der Waals surface area contributed by atoms with Crippen molar-refractivity contribution < 1.29 is 14.3 Å². The van der Waals surface area contributed by atoms with Gasteiger partial charge in [0.05, 0.1) is 11.9 Å². The van der Waals surface area contributed by atoms with Crippen molar-refractivity contribution in [3.05, 3.63) is 11.8 Å². The molecule has 0 N–H and O–H groups in total. The summed E-state index contributed by atoms with van der Waals surface area (Å²) in [6.07, 6.45) is 7.53. The second-order valence-corrected chi connectivity index (χ2v) is 9.43. The molecule has 0 amide bonds. The summed E-state index contributed by atoms with van der Waals surface area (Å²) in [4.78, 5) is 12.9. The molecule has 0 aromatic rings. The lowest BCUT2D eigenvalue weighted by molar-refractivity contribution is -0.207. The molecule has 2 aliphatic carbocycles. The smallest absolute Gasteiger partial charge is 0.193 e. The number of fused-ring (bicyclic) bond motifs is 3. The Labute approximate surface area is 147 Å². The quantitative estimate of drug-likeness (QED) is 0.544. The van der Waals surface area contributed by atoms with E-state index in [1.54, 1.807) is 0 Å². The van der Waals surface area contributed by atoms with Gasteiger partial charge in [0.25, 0.3) is 0 Å². The molecule has 4 rings (SSSR count). The second-order valence-electron chi connectivity index (χ2n) is 9.43. The minimum absolute atomic E-state index is 0.142. The van der Waals surface area contributed by atoms with E-state index in [4.69, 9.17) is 9.47 Å². The summed E-state index contributed by atoms with van der Waals surface area (Å²) in [6, 6.07) is 0. The first kappa shape index (κ1) is 18.0. The van der Waals surface area contributed by atoms with Crippen molar-refractivity contribution in [3.63, 3.8) is 0 Å². The zero-order valence-electron chi connectivity index (χ0n) is 16.2. The average molecular weight is 335 g/mol. The molecule has 136 valence electrons. The molecule has 4 fully saturated rings. The van der Waals surface area contributed by atoms with E-state index in [9.17, 15) is 4.79 Å². The SMILES string of the molecule is CC1CCC(C(C)C)C(O/C=C2\C(=O)C3(C)CCC2C(C)(C)O3)C1. The average Bonchev–Trinajstić information content (AvgIpc) is 2.46. The molecule has 2 aliphatic heterocycles. The number of carbonyl (C=O) groups excluding carboxylic acids is 1. The topological polar surface area (TPSA) is 35.5 Å². The summed E-state index contributed by atoms with van der Waals surface area (Å²) in [7, 11) is 0. The molecular formula is C21H34O3. The highest BCUT2D eigenvalue weighted by atomic mass is 16.5. The van der Waals surface area contributed by atoms with Gasteiger partial charge >= 0.3 is 0 Å². The second kappa shape index (κ2) is 6.16. The lowest BCUT2D eigenvalue weighted by atomic mass is 9.65. The number of carbonyl (C=O) groups is 1. The number of ether oxygens (including phenoxy) is 2. The molecule has 2 saturated carbocycles. The third-order valence-corrected chi connectivity index (χ3v) is 6.69. The molecule has 3 nitrogen and oxygen atoms in total. The van der Waals surface area contributed by atoms with Crippen LogP contribution in [0.3, 0.4) is 0 Å². The van der Waals surface area contributed by atoms with Crippen LogP contribution < -0.4 is 0 Å². The van der Waals surface area contributed by atoms with Crippen molar-refractivity contribution in [3.8, 4) is 0 Å². The van der Waals surface area contributed by atoms with Crippen LogP contribution in [0.4, 0.5) is 0 Å². The zero-order valence-corrected chi connectivity index (χ0v) is 16.2. The van der Waals surface area contributed by atoms with Crippen LogP contribution in [0.15, 0.2) is 11.8 Å². The highest BCUT2D eigenvalue weighted by Crippen LogP contribution is 2.50. The van der Waals surface area contributed by atoms with Crippen molar-refractivity contribution in [2.24, 2.45) is 23.7 Å². The number of hydrogen-bond acceptors (Lipinski definition) is 3. The van der Waals surface area contributed by atoms with Crippen LogP contribution in [-0.4, -0.2) is 23.1 Å². The molecule has 0 aromatic carbocycles. The minimum atomic E-state index is -0.662. The molecule has 2 bridgehead atoms. The Bertz CT molecular complexity index is 533. The Morgan fingerprint density at radius 2 is 1.92 bits per heavy atom. The van der Waals surface area contributed by atoms with Gasteiger partial charge < -0.3 is 9.47 Å². The van der Waals surface area contributed by atoms with E-state index in [0.29, 0.717) is 17.8 Å². The first-order valence-electron chi connectivity index (χ1n) is 9.74. The normalized spacial score (nSPS) is 43.5.